The number of carboxylic acids is 1. The fraction of sp³-hybridized carbons (Fsp3) is 0. The van der Waals surface area contributed by atoms with Crippen LogP contribution < -0.4 is 11.2 Å². The number of rotatable bonds is 3. The maximum absolute atomic E-state index is 11.3. The number of nitrogens with zero attached hydrogens (tertiary/aromatic N) is 1. The van der Waals surface area contributed by atoms with Crippen LogP contribution >= 0.6 is 11.6 Å². The lowest BCUT2D eigenvalue weighted by Crippen LogP contribution is -2.32. The van der Waals surface area contributed by atoms with E-state index in [1.54, 1.807) is 30.3 Å². The second-order valence-corrected chi connectivity index (χ2v) is 4.35. The standard InChI is InChI=1S/C13H10ClN3O3/c14-9-6-8(12(16)18)11(15)17(10(9)13(19)20)7-4-2-1-3-5-7/h1-6,15H,(H2,16,18)(H,19,20). The lowest BCUT2D eigenvalue weighted by molar-refractivity contribution is 0.0686. The Morgan fingerprint density at radius 3 is 2.35 bits per heavy atom. The molecule has 0 saturated carbocycles. The third kappa shape index (κ3) is 2.28. The van der Waals surface area contributed by atoms with Gasteiger partial charge in [0.2, 0.25) is 0 Å². The first-order valence-electron chi connectivity index (χ1n) is 5.52. The number of benzene rings is 1. The molecule has 1 aromatic heterocycles. The molecule has 0 atom stereocenters. The van der Waals surface area contributed by atoms with E-state index in [0.717, 1.165) is 10.6 Å². The first-order valence-corrected chi connectivity index (χ1v) is 5.90. The molecule has 0 aliphatic rings. The molecule has 7 heteroatoms. The average molecular weight is 292 g/mol. The van der Waals surface area contributed by atoms with E-state index in [2.05, 4.69) is 0 Å². The Bertz CT molecular complexity index is 753. The summed E-state index contributed by atoms with van der Waals surface area (Å²) < 4.78 is 1.07. The van der Waals surface area contributed by atoms with E-state index in [0.29, 0.717) is 5.69 Å². The zero-order valence-electron chi connectivity index (χ0n) is 10.1. The topological polar surface area (TPSA) is 109 Å². The maximum Gasteiger partial charge on any atom is 0.354 e. The highest BCUT2D eigenvalue weighted by Gasteiger charge is 2.20. The van der Waals surface area contributed by atoms with Crippen LogP contribution in [0.5, 0.6) is 0 Å². The van der Waals surface area contributed by atoms with Crippen LogP contribution in [-0.2, 0) is 0 Å². The third-order valence-electron chi connectivity index (χ3n) is 2.68. The molecule has 0 saturated heterocycles. The van der Waals surface area contributed by atoms with Gasteiger partial charge in [0.1, 0.15) is 5.49 Å². The lowest BCUT2D eigenvalue weighted by Gasteiger charge is -2.14. The van der Waals surface area contributed by atoms with Gasteiger partial charge in [0, 0.05) is 5.69 Å². The number of amides is 1. The number of carboxylic acid groups (broad SMARTS) is 1. The van der Waals surface area contributed by atoms with Gasteiger partial charge in [-0.3, -0.25) is 14.8 Å². The molecule has 0 bridgehead atoms. The van der Waals surface area contributed by atoms with Crippen molar-refractivity contribution in [1.29, 1.82) is 5.41 Å². The number of carbonyl (C=O) groups is 2. The van der Waals surface area contributed by atoms with Crippen molar-refractivity contribution in [3.05, 3.63) is 58.2 Å². The van der Waals surface area contributed by atoms with Crippen LogP contribution in [0.2, 0.25) is 5.02 Å². The van der Waals surface area contributed by atoms with Gasteiger partial charge in [0.05, 0.1) is 10.6 Å². The van der Waals surface area contributed by atoms with Gasteiger partial charge in [-0.1, -0.05) is 29.8 Å². The Kier molecular flexibility index (Phi) is 3.58. The van der Waals surface area contributed by atoms with Crippen molar-refractivity contribution in [2.45, 2.75) is 0 Å². The van der Waals surface area contributed by atoms with E-state index in [1.165, 1.54) is 0 Å². The summed E-state index contributed by atoms with van der Waals surface area (Å²) in [6, 6.07) is 9.40. The van der Waals surface area contributed by atoms with Gasteiger partial charge in [-0.15, -0.1) is 0 Å². The molecule has 20 heavy (non-hydrogen) atoms. The highest BCUT2D eigenvalue weighted by molar-refractivity contribution is 6.33. The minimum atomic E-state index is -1.30. The normalized spacial score (nSPS) is 10.2. The number of nitrogens with one attached hydrogen (secondary N) is 1. The van der Waals surface area contributed by atoms with E-state index in [1.807, 2.05) is 0 Å². The number of aromatic nitrogens is 1. The van der Waals surface area contributed by atoms with Crippen molar-refractivity contribution in [2.24, 2.45) is 5.73 Å². The lowest BCUT2D eigenvalue weighted by atomic mass is 10.2. The van der Waals surface area contributed by atoms with Crippen molar-refractivity contribution in [2.75, 3.05) is 0 Å². The van der Waals surface area contributed by atoms with Gasteiger partial charge >= 0.3 is 5.97 Å². The number of halogens is 1. The summed E-state index contributed by atoms with van der Waals surface area (Å²) in [5, 5.41) is 17.1. The smallest absolute Gasteiger partial charge is 0.354 e. The summed E-state index contributed by atoms with van der Waals surface area (Å²) in [4.78, 5) is 22.7. The van der Waals surface area contributed by atoms with Crippen LogP contribution in [0.4, 0.5) is 0 Å². The van der Waals surface area contributed by atoms with Gasteiger partial charge in [0.25, 0.3) is 5.91 Å². The van der Waals surface area contributed by atoms with Crippen molar-refractivity contribution in [3.63, 3.8) is 0 Å². The molecule has 2 aromatic rings. The van der Waals surface area contributed by atoms with E-state index in [-0.39, 0.29) is 21.8 Å². The second kappa shape index (κ2) is 5.18. The van der Waals surface area contributed by atoms with Crippen LogP contribution in [0.15, 0.2) is 36.4 Å². The number of pyridine rings is 1. The Hall–Kier alpha value is -2.60. The molecule has 0 spiro atoms. The van der Waals surface area contributed by atoms with E-state index in [4.69, 9.17) is 22.7 Å². The molecule has 1 heterocycles. The average Bonchev–Trinajstić information content (AvgIpc) is 2.40. The Morgan fingerprint density at radius 2 is 1.85 bits per heavy atom. The van der Waals surface area contributed by atoms with Crippen LogP contribution in [0.3, 0.4) is 0 Å². The molecule has 2 rings (SSSR count). The van der Waals surface area contributed by atoms with Crippen LogP contribution in [0.1, 0.15) is 20.8 Å². The molecule has 0 aliphatic heterocycles. The Labute approximate surface area is 118 Å². The number of para-hydroxylation sites is 1. The third-order valence-corrected chi connectivity index (χ3v) is 2.97. The number of hydrogen-bond acceptors (Lipinski definition) is 3. The van der Waals surface area contributed by atoms with Gasteiger partial charge in [-0.05, 0) is 18.2 Å². The SMILES string of the molecule is N=c1c(C(N)=O)cc(Cl)c(C(=O)O)n1-c1ccccc1. The maximum atomic E-state index is 11.3. The van der Waals surface area contributed by atoms with E-state index in [9.17, 15) is 14.7 Å². The molecule has 0 aliphatic carbocycles. The highest BCUT2D eigenvalue weighted by atomic mass is 35.5. The first kappa shape index (κ1) is 13.8. The first-order chi connectivity index (χ1) is 9.43. The van der Waals surface area contributed by atoms with E-state index < -0.39 is 11.9 Å². The van der Waals surface area contributed by atoms with Crippen LogP contribution in [0.25, 0.3) is 5.69 Å². The minimum absolute atomic E-state index is 0.149. The van der Waals surface area contributed by atoms with E-state index >= 15 is 0 Å². The quantitative estimate of drug-likeness (QED) is 0.795. The number of nitrogens with two attached hydrogens (primary N) is 1. The van der Waals surface area contributed by atoms with Gasteiger partial charge in [-0.25, -0.2) is 4.79 Å². The fourth-order valence-electron chi connectivity index (χ4n) is 1.82. The molecular weight excluding hydrogens is 282 g/mol. The Balaban J connectivity index is 2.92. The van der Waals surface area contributed by atoms with Crippen LogP contribution in [-0.4, -0.2) is 21.6 Å². The highest BCUT2D eigenvalue weighted by Crippen LogP contribution is 2.19. The fourth-order valence-corrected chi connectivity index (χ4v) is 2.10. The monoisotopic (exact) mass is 291 g/mol. The van der Waals surface area contributed by atoms with Crippen molar-refractivity contribution >= 4 is 23.5 Å². The van der Waals surface area contributed by atoms with Crippen molar-refractivity contribution in [3.8, 4) is 5.69 Å². The summed E-state index contributed by atoms with van der Waals surface area (Å²) in [6.45, 7) is 0. The molecule has 1 amide bonds. The number of primary amides is 1. The summed E-state index contributed by atoms with van der Waals surface area (Å²) >= 11 is 5.90. The zero-order valence-corrected chi connectivity index (χ0v) is 10.9. The van der Waals surface area contributed by atoms with Crippen LogP contribution in [0, 0.1) is 5.41 Å². The summed E-state index contributed by atoms with van der Waals surface area (Å²) in [7, 11) is 0. The number of aromatic carboxylic acids is 1. The molecule has 4 N–H and O–H groups in total. The molecule has 0 fully saturated rings. The predicted molar refractivity (Wildman–Crippen MR) is 72.1 cm³/mol. The zero-order chi connectivity index (χ0) is 14.9. The largest absolute Gasteiger partial charge is 0.477 e. The second-order valence-electron chi connectivity index (χ2n) is 3.94. The van der Waals surface area contributed by atoms with Crippen molar-refractivity contribution in [1.82, 2.24) is 4.57 Å². The molecule has 6 nitrogen and oxygen atoms in total. The van der Waals surface area contributed by atoms with Crippen molar-refractivity contribution < 1.29 is 14.7 Å². The summed E-state index contributed by atoms with van der Waals surface area (Å²) in [6.07, 6.45) is 0. The predicted octanol–water partition coefficient (Wildman–Crippen LogP) is 1.41. The number of hydrogen-bond donors (Lipinski definition) is 3. The van der Waals surface area contributed by atoms with Gasteiger partial charge < -0.3 is 10.8 Å². The minimum Gasteiger partial charge on any atom is -0.477 e. The number of carbonyl (C=O) groups excluding carboxylic acids is 1. The van der Waals surface area contributed by atoms with Gasteiger partial charge in [0.15, 0.2) is 5.69 Å². The molecular formula is C13H10ClN3O3. The molecule has 0 radical (unpaired) electrons. The van der Waals surface area contributed by atoms with Gasteiger partial charge in [-0.2, -0.15) is 0 Å². The molecule has 102 valence electrons. The summed E-state index contributed by atoms with van der Waals surface area (Å²) in [5.74, 6) is -2.15. The molecule has 0 unspecified atom stereocenters. The molecule has 1 aromatic carbocycles. The summed E-state index contributed by atoms with van der Waals surface area (Å²) in [5.41, 5.74) is 4.81. The Morgan fingerprint density at radius 1 is 1.25 bits per heavy atom.